The number of amides is 1. The van der Waals surface area contributed by atoms with Crippen molar-refractivity contribution in [1.29, 1.82) is 0 Å². The molecule has 2 saturated heterocycles. The highest BCUT2D eigenvalue weighted by Crippen LogP contribution is 2.23. The maximum absolute atomic E-state index is 12.2. The van der Waals surface area contributed by atoms with Crippen LogP contribution in [0.5, 0.6) is 0 Å². The normalized spacial score (nSPS) is 19.8. The van der Waals surface area contributed by atoms with Gasteiger partial charge in [-0.25, -0.2) is 9.97 Å². The van der Waals surface area contributed by atoms with Crippen LogP contribution in [-0.4, -0.2) is 69.2 Å². The molecule has 4 rings (SSSR count). The molecule has 2 aromatic heterocycles. The molecule has 1 amide bonds. The van der Waals surface area contributed by atoms with Crippen molar-refractivity contribution >= 4 is 11.9 Å². The van der Waals surface area contributed by atoms with Crippen LogP contribution in [0.25, 0.3) is 0 Å². The van der Waals surface area contributed by atoms with Gasteiger partial charge in [-0.15, -0.1) is 5.10 Å². The van der Waals surface area contributed by atoms with E-state index in [1.165, 1.54) is 0 Å². The Bertz CT molecular complexity index is 726. The zero-order valence-electron chi connectivity index (χ0n) is 15.4. The average molecular weight is 367 g/mol. The van der Waals surface area contributed by atoms with E-state index in [9.17, 15) is 4.79 Å². The van der Waals surface area contributed by atoms with E-state index in [0.29, 0.717) is 11.7 Å². The number of anilines is 1. The zero-order valence-corrected chi connectivity index (χ0v) is 15.4. The quantitative estimate of drug-likeness (QED) is 0.867. The molecule has 0 spiro atoms. The van der Waals surface area contributed by atoms with E-state index in [0.717, 1.165) is 57.8 Å². The summed E-state index contributed by atoms with van der Waals surface area (Å²) in [6.45, 7) is 4.05. The third kappa shape index (κ3) is 4.39. The standard InChI is InChI=1S/C19H25N7O/c27-18(17-3-1-10-22-24-17)23-15-4-11-25(12-5-15)16-6-13-26(14-7-16)19-20-8-2-9-21-19/h1-3,8-10,15-16H,4-7,11-14H2,(H,23,27). The molecule has 0 saturated carbocycles. The third-order valence-electron chi connectivity index (χ3n) is 5.49. The summed E-state index contributed by atoms with van der Waals surface area (Å²) in [5.41, 5.74) is 0.385. The molecule has 0 unspecified atom stereocenters. The number of aromatic nitrogens is 4. The van der Waals surface area contributed by atoms with E-state index >= 15 is 0 Å². The molecule has 8 nitrogen and oxygen atoms in total. The summed E-state index contributed by atoms with van der Waals surface area (Å²) < 4.78 is 0. The monoisotopic (exact) mass is 367 g/mol. The number of carbonyl (C=O) groups is 1. The Morgan fingerprint density at radius 2 is 1.70 bits per heavy atom. The number of hydrogen-bond donors (Lipinski definition) is 1. The minimum atomic E-state index is -0.127. The molecular weight excluding hydrogens is 342 g/mol. The molecular formula is C19H25N7O. The predicted molar refractivity (Wildman–Crippen MR) is 101 cm³/mol. The predicted octanol–water partition coefficient (Wildman–Crippen LogP) is 1.13. The van der Waals surface area contributed by atoms with E-state index in [2.05, 4.69) is 35.3 Å². The van der Waals surface area contributed by atoms with Gasteiger partial charge in [-0.3, -0.25) is 4.79 Å². The first-order valence-electron chi connectivity index (χ1n) is 9.64. The molecule has 0 radical (unpaired) electrons. The second-order valence-corrected chi connectivity index (χ2v) is 7.16. The van der Waals surface area contributed by atoms with Crippen LogP contribution in [-0.2, 0) is 0 Å². The molecule has 142 valence electrons. The van der Waals surface area contributed by atoms with Crippen LogP contribution in [0.3, 0.4) is 0 Å². The van der Waals surface area contributed by atoms with Crippen molar-refractivity contribution in [3.63, 3.8) is 0 Å². The summed E-state index contributed by atoms with van der Waals surface area (Å²) in [7, 11) is 0. The van der Waals surface area contributed by atoms with Crippen LogP contribution in [0.15, 0.2) is 36.8 Å². The zero-order chi connectivity index (χ0) is 18.5. The number of piperidine rings is 2. The van der Waals surface area contributed by atoms with Crippen LogP contribution < -0.4 is 10.2 Å². The molecule has 0 bridgehead atoms. The molecule has 4 heterocycles. The topological polar surface area (TPSA) is 87.1 Å². The highest BCUT2D eigenvalue weighted by atomic mass is 16.2. The Hall–Kier alpha value is -2.61. The molecule has 1 N–H and O–H groups in total. The Labute approximate surface area is 159 Å². The van der Waals surface area contributed by atoms with E-state index in [1.54, 1.807) is 30.7 Å². The largest absolute Gasteiger partial charge is 0.348 e. The fourth-order valence-corrected chi connectivity index (χ4v) is 3.98. The van der Waals surface area contributed by atoms with Crippen molar-refractivity contribution < 1.29 is 4.79 Å². The van der Waals surface area contributed by atoms with E-state index in [-0.39, 0.29) is 11.9 Å². The highest BCUT2D eigenvalue weighted by molar-refractivity contribution is 5.92. The molecule has 0 atom stereocenters. The van der Waals surface area contributed by atoms with Gasteiger partial charge in [-0.05, 0) is 43.9 Å². The smallest absolute Gasteiger partial charge is 0.272 e. The molecule has 2 aliphatic rings. The maximum atomic E-state index is 12.2. The Morgan fingerprint density at radius 1 is 0.963 bits per heavy atom. The van der Waals surface area contributed by atoms with E-state index in [4.69, 9.17) is 0 Å². The number of likely N-dealkylation sites (tertiary alicyclic amines) is 1. The van der Waals surface area contributed by atoms with Crippen LogP contribution in [0, 0.1) is 0 Å². The van der Waals surface area contributed by atoms with Gasteiger partial charge < -0.3 is 15.1 Å². The highest BCUT2D eigenvalue weighted by Gasteiger charge is 2.29. The summed E-state index contributed by atoms with van der Waals surface area (Å²) in [4.78, 5) is 25.8. The summed E-state index contributed by atoms with van der Waals surface area (Å²) in [6.07, 6.45) is 9.40. The third-order valence-corrected chi connectivity index (χ3v) is 5.49. The van der Waals surface area contributed by atoms with Crippen LogP contribution in [0.4, 0.5) is 5.95 Å². The Kier molecular flexibility index (Phi) is 5.53. The van der Waals surface area contributed by atoms with Gasteiger partial charge in [0, 0.05) is 56.9 Å². The summed E-state index contributed by atoms with van der Waals surface area (Å²) >= 11 is 0. The second-order valence-electron chi connectivity index (χ2n) is 7.16. The van der Waals surface area contributed by atoms with Crippen molar-refractivity contribution in [2.24, 2.45) is 0 Å². The van der Waals surface area contributed by atoms with E-state index in [1.807, 2.05) is 6.07 Å². The van der Waals surface area contributed by atoms with Crippen LogP contribution in [0.1, 0.15) is 36.2 Å². The summed E-state index contributed by atoms with van der Waals surface area (Å²) in [5.74, 6) is 0.708. The molecule has 8 heteroatoms. The number of nitrogens with zero attached hydrogens (tertiary/aromatic N) is 6. The van der Waals surface area contributed by atoms with Crippen LogP contribution >= 0.6 is 0 Å². The van der Waals surface area contributed by atoms with Crippen molar-refractivity contribution in [2.45, 2.75) is 37.8 Å². The first-order valence-corrected chi connectivity index (χ1v) is 9.64. The van der Waals surface area contributed by atoms with Crippen molar-refractivity contribution in [1.82, 2.24) is 30.4 Å². The minimum Gasteiger partial charge on any atom is -0.348 e. The van der Waals surface area contributed by atoms with Gasteiger partial charge in [-0.1, -0.05) is 0 Å². The van der Waals surface area contributed by atoms with Crippen molar-refractivity contribution in [3.05, 3.63) is 42.5 Å². The van der Waals surface area contributed by atoms with Gasteiger partial charge in [0.15, 0.2) is 5.69 Å². The van der Waals surface area contributed by atoms with Gasteiger partial charge >= 0.3 is 0 Å². The van der Waals surface area contributed by atoms with Gasteiger partial charge in [-0.2, -0.15) is 5.10 Å². The van der Waals surface area contributed by atoms with Crippen molar-refractivity contribution in [3.8, 4) is 0 Å². The molecule has 2 aliphatic heterocycles. The molecule has 0 aliphatic carbocycles. The first kappa shape index (κ1) is 17.8. The molecule has 2 fully saturated rings. The lowest BCUT2D eigenvalue weighted by Gasteiger charge is -2.41. The number of carbonyl (C=O) groups excluding carboxylic acids is 1. The van der Waals surface area contributed by atoms with Gasteiger partial charge in [0.05, 0.1) is 0 Å². The van der Waals surface area contributed by atoms with Crippen molar-refractivity contribution in [2.75, 3.05) is 31.1 Å². The molecule has 2 aromatic rings. The maximum Gasteiger partial charge on any atom is 0.272 e. The lowest BCUT2D eigenvalue weighted by molar-refractivity contribution is 0.0871. The van der Waals surface area contributed by atoms with Gasteiger partial charge in [0.1, 0.15) is 0 Å². The minimum absolute atomic E-state index is 0.127. The van der Waals surface area contributed by atoms with Crippen LogP contribution in [0.2, 0.25) is 0 Å². The fraction of sp³-hybridized carbons (Fsp3) is 0.526. The fourth-order valence-electron chi connectivity index (χ4n) is 3.98. The Morgan fingerprint density at radius 3 is 2.37 bits per heavy atom. The van der Waals surface area contributed by atoms with Gasteiger partial charge in [0.2, 0.25) is 5.95 Å². The Balaban J connectivity index is 1.22. The van der Waals surface area contributed by atoms with Gasteiger partial charge in [0.25, 0.3) is 5.91 Å². The average Bonchev–Trinajstić information content (AvgIpc) is 2.76. The van der Waals surface area contributed by atoms with E-state index < -0.39 is 0 Å². The second kappa shape index (κ2) is 8.39. The number of nitrogens with one attached hydrogen (secondary N) is 1. The lowest BCUT2D eigenvalue weighted by atomic mass is 9.98. The SMILES string of the molecule is O=C(NC1CCN(C2CCN(c3ncccn3)CC2)CC1)c1cccnn1. The summed E-state index contributed by atoms with van der Waals surface area (Å²) in [6, 6.07) is 6.11. The number of hydrogen-bond acceptors (Lipinski definition) is 7. The lowest BCUT2D eigenvalue weighted by Crippen LogP contribution is -2.51. The molecule has 27 heavy (non-hydrogen) atoms. The molecule has 0 aromatic carbocycles. The number of rotatable bonds is 4. The first-order chi connectivity index (χ1) is 13.3. The summed E-state index contributed by atoms with van der Waals surface area (Å²) in [5, 5.41) is 10.7.